The minimum Gasteiger partial charge on any atom is -0.504 e. The van der Waals surface area contributed by atoms with Gasteiger partial charge in [0.2, 0.25) is 0 Å². The third-order valence-electron chi connectivity index (χ3n) is 2.72. The molecule has 3 nitrogen and oxygen atoms in total. The quantitative estimate of drug-likeness (QED) is 0.684. The molecule has 0 heterocycles. The normalized spacial score (nSPS) is 11.5. The van der Waals surface area contributed by atoms with E-state index in [1.165, 1.54) is 0 Å². The highest BCUT2D eigenvalue weighted by molar-refractivity contribution is 7.56. The Hall–Kier alpha value is -1.86. The van der Waals surface area contributed by atoms with Gasteiger partial charge < -0.3 is 9.84 Å². The summed E-state index contributed by atoms with van der Waals surface area (Å²) in [6.45, 7) is 0. The molecule has 0 aliphatic carbocycles. The topological polar surface area (TPSA) is 41.8 Å². The van der Waals surface area contributed by atoms with Crippen LogP contribution in [-0.4, -0.2) is 25.5 Å². The Morgan fingerprint density at radius 1 is 1.11 bits per heavy atom. The summed E-state index contributed by atoms with van der Waals surface area (Å²) in [6.07, 6.45) is 1.83. The number of benzene rings is 2. The van der Waals surface area contributed by atoms with Crippen molar-refractivity contribution in [3.63, 3.8) is 0 Å². The molecule has 0 radical (unpaired) electrons. The number of nitrogens with zero attached hydrogens (tertiary/aromatic N) is 1. The van der Waals surface area contributed by atoms with Crippen molar-refractivity contribution in [2.24, 2.45) is 4.99 Å². The van der Waals surface area contributed by atoms with Crippen LogP contribution in [0.5, 0.6) is 11.5 Å². The van der Waals surface area contributed by atoms with E-state index in [9.17, 15) is 5.11 Å². The summed E-state index contributed by atoms with van der Waals surface area (Å²) in [7, 11) is 3.67. The Morgan fingerprint density at radius 3 is 2.58 bits per heavy atom. The fraction of sp³-hybridized carbons (Fsp3) is 0.133. The Bertz CT molecular complexity index is 596. The van der Waals surface area contributed by atoms with Crippen molar-refractivity contribution in [1.29, 1.82) is 0 Å². The lowest BCUT2D eigenvalue weighted by Gasteiger charge is -2.10. The van der Waals surface area contributed by atoms with E-state index in [2.05, 4.69) is 4.99 Å². The maximum Gasteiger partial charge on any atom is 0.165 e. The summed E-state index contributed by atoms with van der Waals surface area (Å²) >= 11 is 0. The van der Waals surface area contributed by atoms with Crippen molar-refractivity contribution in [3.8, 4) is 11.5 Å². The summed E-state index contributed by atoms with van der Waals surface area (Å²) < 4.78 is 5.13. The van der Waals surface area contributed by atoms with Crippen LogP contribution >= 0.6 is 8.58 Å². The summed E-state index contributed by atoms with van der Waals surface area (Å²) in [5, 5.41) is 12.1. The first kappa shape index (κ1) is 13.6. The molecule has 2 aromatic rings. The second-order valence-corrected chi connectivity index (χ2v) is 5.28. The molecule has 98 valence electrons. The smallest absolute Gasteiger partial charge is 0.165 e. The standard InChI is InChI=1S/C15H16NO2P/c1-16-10-11-6-3-4-8-13(11)19-14-9-5-7-12(18-2)15(14)17/h3-10,17,19H,1-2H3. The number of hydrogen-bond acceptors (Lipinski definition) is 3. The van der Waals surface area contributed by atoms with Crippen LogP contribution < -0.4 is 15.3 Å². The monoisotopic (exact) mass is 273 g/mol. The number of methoxy groups -OCH3 is 1. The van der Waals surface area contributed by atoms with Crippen LogP contribution in [0.15, 0.2) is 47.5 Å². The molecule has 0 bridgehead atoms. The van der Waals surface area contributed by atoms with Crippen LogP contribution in [-0.2, 0) is 0 Å². The highest BCUT2D eigenvalue weighted by Gasteiger charge is 2.09. The van der Waals surface area contributed by atoms with Crippen LogP contribution in [0.1, 0.15) is 5.56 Å². The molecule has 0 fully saturated rings. The molecule has 0 aromatic heterocycles. The number of phenolic OH excluding ortho intramolecular Hbond substituents is 1. The van der Waals surface area contributed by atoms with Crippen molar-refractivity contribution in [2.45, 2.75) is 0 Å². The molecule has 0 aliphatic rings. The molecule has 4 heteroatoms. The van der Waals surface area contributed by atoms with Crippen molar-refractivity contribution < 1.29 is 9.84 Å². The number of aliphatic imine (C=N–C) groups is 1. The number of aromatic hydroxyl groups is 1. The van der Waals surface area contributed by atoms with Crippen LogP contribution in [0.25, 0.3) is 0 Å². The second-order valence-electron chi connectivity index (χ2n) is 3.96. The van der Waals surface area contributed by atoms with Crippen LogP contribution in [0, 0.1) is 0 Å². The SMILES string of the molecule is CN=Cc1ccccc1Pc1cccc(OC)c1O. The zero-order chi connectivity index (χ0) is 13.7. The molecule has 0 saturated carbocycles. The first-order valence-corrected chi connectivity index (χ1v) is 6.90. The number of rotatable bonds is 4. The van der Waals surface area contributed by atoms with Gasteiger partial charge in [-0.15, -0.1) is 0 Å². The zero-order valence-corrected chi connectivity index (χ0v) is 11.9. The number of para-hydroxylation sites is 1. The predicted octanol–water partition coefficient (Wildman–Crippen LogP) is 2.08. The lowest BCUT2D eigenvalue weighted by molar-refractivity contribution is 0.375. The predicted molar refractivity (Wildman–Crippen MR) is 82.2 cm³/mol. The molecule has 0 aliphatic heterocycles. The molecule has 1 unspecified atom stereocenters. The molecule has 2 rings (SSSR count). The Labute approximate surface area is 114 Å². The van der Waals surface area contributed by atoms with Crippen molar-refractivity contribution in [3.05, 3.63) is 48.0 Å². The van der Waals surface area contributed by atoms with E-state index in [4.69, 9.17) is 4.74 Å². The summed E-state index contributed by atoms with van der Waals surface area (Å²) in [5.41, 5.74) is 1.07. The van der Waals surface area contributed by atoms with E-state index in [0.29, 0.717) is 14.3 Å². The van der Waals surface area contributed by atoms with Gasteiger partial charge >= 0.3 is 0 Å². The molecule has 0 saturated heterocycles. The van der Waals surface area contributed by atoms with Gasteiger partial charge in [-0.2, -0.15) is 0 Å². The zero-order valence-electron chi connectivity index (χ0n) is 10.9. The van der Waals surface area contributed by atoms with Crippen LogP contribution in [0.2, 0.25) is 0 Å². The minimum atomic E-state index is 0.214. The summed E-state index contributed by atoms with van der Waals surface area (Å²) in [5.74, 6) is 0.721. The fourth-order valence-electron chi connectivity index (χ4n) is 1.80. The van der Waals surface area contributed by atoms with Gasteiger partial charge in [0.05, 0.1) is 7.11 Å². The summed E-state index contributed by atoms with van der Waals surface area (Å²) in [6, 6.07) is 13.6. The molecule has 19 heavy (non-hydrogen) atoms. The molecular weight excluding hydrogens is 257 g/mol. The lowest BCUT2D eigenvalue weighted by atomic mass is 10.2. The third-order valence-corrected chi connectivity index (χ3v) is 4.11. The largest absolute Gasteiger partial charge is 0.504 e. The maximum absolute atomic E-state index is 10.1. The van der Waals surface area contributed by atoms with E-state index in [-0.39, 0.29) is 5.75 Å². The highest BCUT2D eigenvalue weighted by Crippen LogP contribution is 2.28. The number of hydrogen-bond donors (Lipinski definition) is 1. The van der Waals surface area contributed by atoms with E-state index in [1.807, 2.05) is 42.6 Å². The van der Waals surface area contributed by atoms with E-state index in [1.54, 1.807) is 20.2 Å². The van der Waals surface area contributed by atoms with E-state index >= 15 is 0 Å². The first-order chi connectivity index (χ1) is 9.26. The number of phenols is 1. The molecule has 2 aromatic carbocycles. The van der Waals surface area contributed by atoms with Gasteiger partial charge in [0.15, 0.2) is 11.5 Å². The Morgan fingerprint density at radius 2 is 1.84 bits per heavy atom. The average Bonchev–Trinajstić information content (AvgIpc) is 2.43. The van der Waals surface area contributed by atoms with E-state index in [0.717, 1.165) is 16.2 Å². The van der Waals surface area contributed by atoms with Crippen molar-refractivity contribution in [1.82, 2.24) is 0 Å². The second kappa shape index (κ2) is 6.35. The summed E-state index contributed by atoms with van der Waals surface area (Å²) in [4.78, 5) is 4.06. The van der Waals surface area contributed by atoms with Crippen molar-refractivity contribution in [2.75, 3.05) is 14.2 Å². The maximum atomic E-state index is 10.1. The van der Waals surface area contributed by atoms with Gasteiger partial charge in [-0.25, -0.2) is 0 Å². The highest BCUT2D eigenvalue weighted by atomic mass is 31.1. The van der Waals surface area contributed by atoms with Crippen LogP contribution in [0.4, 0.5) is 0 Å². The van der Waals surface area contributed by atoms with Gasteiger partial charge in [0.25, 0.3) is 0 Å². The average molecular weight is 273 g/mol. The van der Waals surface area contributed by atoms with Crippen LogP contribution in [0.3, 0.4) is 0 Å². The van der Waals surface area contributed by atoms with Gasteiger partial charge in [-0.3, -0.25) is 4.99 Å². The van der Waals surface area contributed by atoms with Gasteiger partial charge in [-0.05, 0) is 16.9 Å². The van der Waals surface area contributed by atoms with Gasteiger partial charge in [0, 0.05) is 18.6 Å². The molecule has 1 N–H and O–H groups in total. The first-order valence-electron chi connectivity index (χ1n) is 5.90. The molecular formula is C15H16NO2P. The lowest BCUT2D eigenvalue weighted by Crippen LogP contribution is -2.09. The van der Waals surface area contributed by atoms with Gasteiger partial charge in [-0.1, -0.05) is 45.0 Å². The number of ether oxygens (including phenoxy) is 1. The molecule has 0 spiro atoms. The van der Waals surface area contributed by atoms with Crippen molar-refractivity contribution >= 4 is 25.4 Å². The third kappa shape index (κ3) is 3.12. The van der Waals surface area contributed by atoms with Gasteiger partial charge in [0.1, 0.15) is 0 Å². The van der Waals surface area contributed by atoms with E-state index < -0.39 is 0 Å². The molecule has 1 atom stereocenters. The Kier molecular flexibility index (Phi) is 4.53. The minimum absolute atomic E-state index is 0.214. The molecule has 0 amide bonds. The Balaban J connectivity index is 2.36. The fourth-order valence-corrected chi connectivity index (χ4v) is 2.98.